The summed E-state index contributed by atoms with van der Waals surface area (Å²) >= 11 is 0. The molecule has 1 unspecified atom stereocenters. The molecule has 0 bridgehead atoms. The number of morpholine rings is 1. The second-order valence-electron chi connectivity index (χ2n) is 7.47. The first-order valence-electron chi connectivity index (χ1n) is 10.6. The third-order valence-corrected chi connectivity index (χ3v) is 6.94. The number of anilines is 1. The van der Waals surface area contributed by atoms with Crippen molar-refractivity contribution in [2.45, 2.75) is 17.9 Å². The van der Waals surface area contributed by atoms with Gasteiger partial charge in [0.05, 0.1) is 18.1 Å². The molecule has 1 fully saturated rings. The monoisotopic (exact) mass is 485 g/mol. The molecule has 1 amide bonds. The van der Waals surface area contributed by atoms with Crippen molar-refractivity contribution in [1.29, 1.82) is 0 Å². The number of oxazole rings is 1. The van der Waals surface area contributed by atoms with E-state index in [2.05, 4.69) is 10.3 Å². The summed E-state index contributed by atoms with van der Waals surface area (Å²) in [6.07, 6.45) is 1.34. The minimum Gasteiger partial charge on any atom is -0.449 e. The lowest BCUT2D eigenvalue weighted by Gasteiger charge is -2.26. The first kappa shape index (κ1) is 23.6. The van der Waals surface area contributed by atoms with Crippen molar-refractivity contribution < 1.29 is 31.9 Å². The molecule has 1 aliphatic rings. The van der Waals surface area contributed by atoms with Crippen LogP contribution in [-0.4, -0.2) is 62.0 Å². The maximum absolute atomic E-state index is 12.8. The van der Waals surface area contributed by atoms with Gasteiger partial charge in [-0.05, 0) is 37.3 Å². The van der Waals surface area contributed by atoms with E-state index in [0.717, 1.165) is 6.08 Å². The molecule has 4 rings (SSSR count). The van der Waals surface area contributed by atoms with Crippen molar-refractivity contribution >= 4 is 44.8 Å². The lowest BCUT2D eigenvalue weighted by molar-refractivity contribution is -0.148. The zero-order chi connectivity index (χ0) is 24.1. The number of carbonyl (C=O) groups excluding carboxylic acids is 2. The quantitative estimate of drug-likeness (QED) is 0.399. The number of para-hydroxylation sites is 2. The van der Waals surface area contributed by atoms with E-state index in [9.17, 15) is 18.0 Å². The number of hydrogen-bond acceptors (Lipinski definition) is 8. The molecular formula is C23H23N3O7S. The summed E-state index contributed by atoms with van der Waals surface area (Å²) in [6, 6.07) is 13.1. The van der Waals surface area contributed by atoms with Crippen molar-refractivity contribution in [3.05, 3.63) is 60.5 Å². The fraction of sp³-hybridized carbons (Fsp3) is 0.261. The van der Waals surface area contributed by atoms with E-state index < -0.39 is 28.0 Å². The smallest absolute Gasteiger partial charge is 0.331 e. The Labute approximate surface area is 196 Å². The second-order valence-corrected chi connectivity index (χ2v) is 9.40. The first-order valence-corrected chi connectivity index (χ1v) is 12.0. The van der Waals surface area contributed by atoms with Gasteiger partial charge in [0.15, 0.2) is 11.7 Å². The third kappa shape index (κ3) is 5.50. The molecule has 0 radical (unpaired) electrons. The number of carbonyl (C=O) groups is 2. The molecule has 10 nitrogen and oxygen atoms in total. The Morgan fingerprint density at radius 2 is 1.91 bits per heavy atom. The summed E-state index contributed by atoms with van der Waals surface area (Å²) in [6.45, 7) is 2.61. The Balaban J connectivity index is 1.35. The van der Waals surface area contributed by atoms with Crippen molar-refractivity contribution in [2.75, 3.05) is 31.6 Å². The maximum atomic E-state index is 12.8. The number of fused-ring (bicyclic) bond motifs is 1. The molecule has 2 heterocycles. The number of nitrogens with one attached hydrogen (secondary N) is 1. The van der Waals surface area contributed by atoms with E-state index in [4.69, 9.17) is 13.9 Å². The highest BCUT2D eigenvalue weighted by atomic mass is 32.2. The van der Waals surface area contributed by atoms with Gasteiger partial charge in [-0.3, -0.25) is 4.79 Å². The van der Waals surface area contributed by atoms with E-state index in [-0.39, 0.29) is 29.6 Å². The predicted octanol–water partition coefficient (Wildman–Crippen LogP) is 2.43. The summed E-state index contributed by atoms with van der Waals surface area (Å²) in [5, 5.41) is 2.58. The Kier molecular flexibility index (Phi) is 7.06. The SMILES string of the molecule is CC(OC(=O)/C=C/c1nc2ccccc2o1)C(=O)Nc1cccc(S(=O)(=O)N2CCOCC2)c1. The van der Waals surface area contributed by atoms with Crippen LogP contribution in [0.15, 0.2) is 63.9 Å². The second kappa shape index (κ2) is 10.2. The van der Waals surface area contributed by atoms with Crippen LogP contribution in [-0.2, 0) is 29.1 Å². The van der Waals surface area contributed by atoms with Gasteiger partial charge >= 0.3 is 5.97 Å². The van der Waals surface area contributed by atoms with Crippen molar-refractivity contribution in [2.24, 2.45) is 0 Å². The number of nitrogens with zero attached hydrogens (tertiary/aromatic N) is 2. The molecule has 1 aliphatic heterocycles. The largest absolute Gasteiger partial charge is 0.449 e. The van der Waals surface area contributed by atoms with Gasteiger partial charge in [0.25, 0.3) is 5.91 Å². The normalized spacial score (nSPS) is 15.9. The van der Waals surface area contributed by atoms with Gasteiger partial charge in [0.2, 0.25) is 15.9 Å². The zero-order valence-electron chi connectivity index (χ0n) is 18.3. The van der Waals surface area contributed by atoms with Crippen molar-refractivity contribution in [3.63, 3.8) is 0 Å². The molecule has 1 saturated heterocycles. The third-order valence-electron chi connectivity index (χ3n) is 5.04. The van der Waals surface area contributed by atoms with Crippen LogP contribution in [0.1, 0.15) is 12.8 Å². The summed E-state index contributed by atoms with van der Waals surface area (Å²) in [4.78, 5) is 28.9. The van der Waals surface area contributed by atoms with E-state index in [1.54, 1.807) is 18.2 Å². The topological polar surface area (TPSA) is 128 Å². The van der Waals surface area contributed by atoms with Gasteiger partial charge in [0.1, 0.15) is 5.52 Å². The van der Waals surface area contributed by atoms with Gasteiger partial charge in [-0.1, -0.05) is 18.2 Å². The Hall–Kier alpha value is -3.54. The van der Waals surface area contributed by atoms with E-state index in [1.807, 2.05) is 12.1 Å². The number of benzene rings is 2. The number of amides is 1. The molecule has 1 atom stereocenters. The van der Waals surface area contributed by atoms with Crippen LogP contribution in [0.5, 0.6) is 0 Å². The molecule has 178 valence electrons. The first-order chi connectivity index (χ1) is 16.3. The van der Waals surface area contributed by atoms with Crippen LogP contribution in [0.25, 0.3) is 17.2 Å². The molecule has 2 aromatic carbocycles. The van der Waals surface area contributed by atoms with Gasteiger partial charge in [-0.15, -0.1) is 0 Å². The molecule has 0 aliphatic carbocycles. The average Bonchev–Trinajstić information content (AvgIpc) is 3.26. The van der Waals surface area contributed by atoms with E-state index >= 15 is 0 Å². The summed E-state index contributed by atoms with van der Waals surface area (Å²) in [7, 11) is -3.71. The predicted molar refractivity (Wildman–Crippen MR) is 123 cm³/mol. The molecule has 1 aromatic heterocycles. The molecule has 34 heavy (non-hydrogen) atoms. The Bertz CT molecular complexity index is 1290. The van der Waals surface area contributed by atoms with Crippen molar-refractivity contribution in [3.8, 4) is 0 Å². The van der Waals surface area contributed by atoms with E-state index in [1.165, 1.54) is 35.5 Å². The van der Waals surface area contributed by atoms with Crippen LogP contribution in [0.2, 0.25) is 0 Å². The minimum atomic E-state index is -3.71. The molecule has 1 N–H and O–H groups in total. The van der Waals surface area contributed by atoms with Crippen LogP contribution in [0.4, 0.5) is 5.69 Å². The fourth-order valence-corrected chi connectivity index (χ4v) is 4.74. The molecule has 11 heteroatoms. The van der Waals surface area contributed by atoms with Crippen LogP contribution in [0.3, 0.4) is 0 Å². The summed E-state index contributed by atoms with van der Waals surface area (Å²) in [5.41, 5.74) is 1.51. The van der Waals surface area contributed by atoms with Crippen LogP contribution >= 0.6 is 0 Å². The van der Waals surface area contributed by atoms with Gasteiger partial charge < -0.3 is 19.2 Å². The number of sulfonamides is 1. The zero-order valence-corrected chi connectivity index (χ0v) is 19.2. The molecular weight excluding hydrogens is 462 g/mol. The lowest BCUT2D eigenvalue weighted by Crippen LogP contribution is -2.40. The van der Waals surface area contributed by atoms with Gasteiger partial charge in [-0.25, -0.2) is 18.2 Å². The minimum absolute atomic E-state index is 0.0538. The molecule has 0 saturated carbocycles. The van der Waals surface area contributed by atoms with Crippen molar-refractivity contribution in [1.82, 2.24) is 9.29 Å². The van der Waals surface area contributed by atoms with Crippen LogP contribution < -0.4 is 5.32 Å². The van der Waals surface area contributed by atoms with Crippen LogP contribution in [0, 0.1) is 0 Å². The number of rotatable bonds is 7. The standard InChI is InChI=1S/C23H23N3O7S/c1-16(32-22(27)10-9-21-25-19-7-2-3-8-20(19)33-21)23(28)24-17-5-4-6-18(15-17)34(29,30)26-11-13-31-14-12-26/h2-10,15-16H,11-14H2,1H3,(H,24,28)/b10-9+. The van der Waals surface area contributed by atoms with E-state index in [0.29, 0.717) is 24.3 Å². The molecule has 3 aromatic rings. The highest BCUT2D eigenvalue weighted by Crippen LogP contribution is 2.21. The number of ether oxygens (including phenoxy) is 2. The Morgan fingerprint density at radius 1 is 1.15 bits per heavy atom. The maximum Gasteiger partial charge on any atom is 0.331 e. The Morgan fingerprint density at radius 3 is 2.68 bits per heavy atom. The lowest BCUT2D eigenvalue weighted by atomic mass is 10.3. The summed E-state index contributed by atoms with van der Waals surface area (Å²) in [5.74, 6) is -1.13. The van der Waals surface area contributed by atoms with Gasteiger partial charge in [-0.2, -0.15) is 4.31 Å². The number of hydrogen-bond donors (Lipinski definition) is 1. The summed E-state index contributed by atoms with van der Waals surface area (Å²) < 4.78 is 42.8. The average molecular weight is 486 g/mol. The number of esters is 1. The fourth-order valence-electron chi connectivity index (χ4n) is 3.28. The highest BCUT2D eigenvalue weighted by molar-refractivity contribution is 7.89. The molecule has 0 spiro atoms. The highest BCUT2D eigenvalue weighted by Gasteiger charge is 2.26. The number of aromatic nitrogens is 1. The van der Waals surface area contributed by atoms with Gasteiger partial charge in [0, 0.05) is 30.9 Å².